The number of hydrogen-bond acceptors (Lipinski definition) is 3. The van der Waals surface area contributed by atoms with E-state index in [9.17, 15) is 0 Å². The lowest BCUT2D eigenvalue weighted by atomic mass is 9.98. The van der Waals surface area contributed by atoms with Crippen LogP contribution in [0.5, 0.6) is 0 Å². The molecule has 1 rings (SSSR count). The average molecular weight is 298 g/mol. The summed E-state index contributed by atoms with van der Waals surface area (Å²) < 4.78 is 0.865. The van der Waals surface area contributed by atoms with Gasteiger partial charge in [0.15, 0.2) is 0 Å². The average Bonchev–Trinajstić information content (AvgIpc) is 2.34. The van der Waals surface area contributed by atoms with Crippen LogP contribution in [-0.4, -0.2) is 24.1 Å². The molecule has 0 saturated heterocycles. The van der Waals surface area contributed by atoms with Crippen LogP contribution < -0.4 is 11.1 Å². The highest BCUT2D eigenvalue weighted by molar-refractivity contribution is 9.11. The molecule has 0 fully saturated rings. The number of benzene rings is 1. The first-order valence-electron chi connectivity index (χ1n) is 5.21. The summed E-state index contributed by atoms with van der Waals surface area (Å²) >= 11 is 3.27. The van der Waals surface area contributed by atoms with E-state index in [0.717, 1.165) is 10.0 Å². The van der Waals surface area contributed by atoms with E-state index >= 15 is 0 Å². The zero-order valence-electron chi connectivity index (χ0n) is 9.44. The molecule has 92 valence electrons. The molecule has 0 spiro atoms. The van der Waals surface area contributed by atoms with Gasteiger partial charge in [-0.05, 0) is 5.56 Å². The fourth-order valence-corrected chi connectivity index (χ4v) is 1.70. The van der Waals surface area contributed by atoms with Crippen molar-refractivity contribution in [3.8, 4) is 0 Å². The third-order valence-corrected chi connectivity index (χ3v) is 2.62. The highest BCUT2D eigenvalue weighted by Crippen LogP contribution is 2.15. The third-order valence-electron chi connectivity index (χ3n) is 2.34. The van der Waals surface area contributed by atoms with Crippen LogP contribution in [0.3, 0.4) is 0 Å². The topological polar surface area (TPSA) is 70.6 Å². The smallest absolute Gasteiger partial charge is 0.147 e. The lowest BCUT2D eigenvalue weighted by Gasteiger charge is -2.16. The summed E-state index contributed by atoms with van der Waals surface area (Å²) in [7, 11) is 0. The highest BCUT2D eigenvalue weighted by Gasteiger charge is 2.15. The summed E-state index contributed by atoms with van der Waals surface area (Å²) in [5.41, 5.74) is 6.70. The largest absolute Gasteiger partial charge is 0.409 e. The Kier molecular flexibility index (Phi) is 5.72. The van der Waals surface area contributed by atoms with E-state index in [1.54, 1.807) is 0 Å². The van der Waals surface area contributed by atoms with Crippen molar-refractivity contribution in [3.05, 3.63) is 47.0 Å². The Morgan fingerprint density at radius 3 is 2.65 bits per heavy atom. The maximum Gasteiger partial charge on any atom is 0.147 e. The number of oxime groups is 1. The molecule has 0 saturated carbocycles. The van der Waals surface area contributed by atoms with Crippen LogP contribution in [0.25, 0.3) is 0 Å². The summed E-state index contributed by atoms with van der Waals surface area (Å²) in [4.78, 5) is 0. The van der Waals surface area contributed by atoms with Crippen LogP contribution in [0.4, 0.5) is 0 Å². The molecule has 0 aromatic heterocycles. The second kappa shape index (κ2) is 7.09. The Morgan fingerprint density at radius 1 is 1.47 bits per heavy atom. The number of hydrogen-bond donors (Lipinski definition) is 3. The van der Waals surface area contributed by atoms with Crippen LogP contribution in [-0.2, 0) is 0 Å². The van der Waals surface area contributed by atoms with E-state index in [-0.39, 0.29) is 11.8 Å². The van der Waals surface area contributed by atoms with Crippen molar-refractivity contribution in [1.82, 2.24) is 5.32 Å². The molecule has 17 heavy (non-hydrogen) atoms. The van der Waals surface area contributed by atoms with E-state index in [4.69, 9.17) is 10.9 Å². The van der Waals surface area contributed by atoms with Crippen LogP contribution in [0, 0.1) is 0 Å². The minimum Gasteiger partial charge on any atom is -0.409 e. The molecule has 0 aliphatic heterocycles. The molecule has 1 atom stereocenters. The summed E-state index contributed by atoms with van der Waals surface area (Å²) in [6.45, 7) is 4.96. The first-order chi connectivity index (χ1) is 8.15. The molecule has 0 radical (unpaired) electrons. The van der Waals surface area contributed by atoms with Gasteiger partial charge in [-0.3, -0.25) is 0 Å². The van der Waals surface area contributed by atoms with Crippen LogP contribution >= 0.6 is 15.9 Å². The first-order valence-corrected chi connectivity index (χ1v) is 6.00. The summed E-state index contributed by atoms with van der Waals surface area (Å²) in [6.07, 6.45) is 0. The molecule has 1 aromatic carbocycles. The molecule has 1 unspecified atom stereocenters. The lowest BCUT2D eigenvalue weighted by Crippen LogP contribution is -2.32. The van der Waals surface area contributed by atoms with E-state index in [1.165, 1.54) is 0 Å². The molecule has 4 N–H and O–H groups in total. The minimum absolute atomic E-state index is 0.145. The van der Waals surface area contributed by atoms with E-state index in [0.29, 0.717) is 13.1 Å². The number of halogens is 1. The first kappa shape index (κ1) is 13.7. The zero-order chi connectivity index (χ0) is 12.7. The zero-order valence-corrected chi connectivity index (χ0v) is 11.0. The number of nitrogens with one attached hydrogen (secondary N) is 1. The molecule has 4 nitrogen and oxygen atoms in total. The monoisotopic (exact) mass is 297 g/mol. The molecule has 0 aliphatic rings. The molecule has 0 aliphatic carbocycles. The minimum atomic E-state index is -0.145. The lowest BCUT2D eigenvalue weighted by molar-refractivity contribution is 0.315. The van der Waals surface area contributed by atoms with Crippen molar-refractivity contribution < 1.29 is 5.21 Å². The van der Waals surface area contributed by atoms with E-state index in [2.05, 4.69) is 33.0 Å². The molecule has 5 heteroatoms. The Bertz CT molecular complexity index is 392. The Hall–Kier alpha value is -1.33. The van der Waals surface area contributed by atoms with Crippen molar-refractivity contribution >= 4 is 21.8 Å². The fraction of sp³-hybridized carbons (Fsp3) is 0.250. The van der Waals surface area contributed by atoms with Gasteiger partial charge in [-0.1, -0.05) is 58.0 Å². The van der Waals surface area contributed by atoms with Crippen LogP contribution in [0.15, 0.2) is 46.5 Å². The van der Waals surface area contributed by atoms with Gasteiger partial charge < -0.3 is 16.3 Å². The van der Waals surface area contributed by atoms with Gasteiger partial charge in [0, 0.05) is 17.6 Å². The Labute approximate surface area is 109 Å². The van der Waals surface area contributed by atoms with Gasteiger partial charge >= 0.3 is 0 Å². The number of rotatable bonds is 6. The van der Waals surface area contributed by atoms with E-state index in [1.807, 2.05) is 30.3 Å². The predicted octanol–water partition coefficient (Wildman–Crippen LogP) is 2.01. The van der Waals surface area contributed by atoms with Crippen molar-refractivity contribution in [2.75, 3.05) is 13.1 Å². The van der Waals surface area contributed by atoms with Gasteiger partial charge in [-0.15, -0.1) is 0 Å². The summed E-state index contributed by atoms with van der Waals surface area (Å²) in [6, 6.07) is 9.69. The standard InChI is InChI=1S/C12H16BrN3O/c1-9(13)7-15-8-11(12(14)16-17)10-5-3-2-4-6-10/h2-6,11,15,17H,1,7-8H2,(H2,14,16). The van der Waals surface area contributed by atoms with Gasteiger partial charge in [-0.25, -0.2) is 0 Å². The number of nitrogens with two attached hydrogens (primary N) is 1. The molecular weight excluding hydrogens is 282 g/mol. The van der Waals surface area contributed by atoms with Crippen molar-refractivity contribution in [1.29, 1.82) is 0 Å². The van der Waals surface area contributed by atoms with Crippen molar-refractivity contribution in [2.45, 2.75) is 5.92 Å². The Morgan fingerprint density at radius 2 is 2.12 bits per heavy atom. The highest BCUT2D eigenvalue weighted by atomic mass is 79.9. The number of nitrogens with zero attached hydrogens (tertiary/aromatic N) is 1. The summed E-state index contributed by atoms with van der Waals surface area (Å²) in [5.74, 6) is 0.0527. The molecular formula is C12H16BrN3O. The van der Waals surface area contributed by atoms with Crippen molar-refractivity contribution in [2.24, 2.45) is 10.9 Å². The Balaban J connectivity index is 2.72. The predicted molar refractivity (Wildman–Crippen MR) is 73.5 cm³/mol. The van der Waals surface area contributed by atoms with Crippen LogP contribution in [0.1, 0.15) is 11.5 Å². The number of amidine groups is 1. The van der Waals surface area contributed by atoms with E-state index < -0.39 is 0 Å². The SMILES string of the molecule is C=C(Br)CNCC(/C(N)=N\O)c1ccccc1. The molecule has 0 amide bonds. The van der Waals surface area contributed by atoms with Gasteiger partial charge in [0.25, 0.3) is 0 Å². The third kappa shape index (κ3) is 4.58. The summed E-state index contributed by atoms with van der Waals surface area (Å²) in [5, 5.41) is 15.0. The molecule has 1 aromatic rings. The van der Waals surface area contributed by atoms with Gasteiger partial charge in [0.1, 0.15) is 5.84 Å². The van der Waals surface area contributed by atoms with Gasteiger partial charge in [0.05, 0.1) is 5.92 Å². The quantitative estimate of drug-likeness (QED) is 0.326. The molecule has 0 heterocycles. The van der Waals surface area contributed by atoms with Gasteiger partial charge in [-0.2, -0.15) is 0 Å². The van der Waals surface area contributed by atoms with Crippen molar-refractivity contribution in [3.63, 3.8) is 0 Å². The maximum absolute atomic E-state index is 8.78. The normalized spacial score (nSPS) is 13.4. The second-order valence-corrected chi connectivity index (χ2v) is 4.76. The fourth-order valence-electron chi connectivity index (χ4n) is 1.50. The second-order valence-electron chi connectivity index (χ2n) is 3.64. The van der Waals surface area contributed by atoms with Crippen LogP contribution in [0.2, 0.25) is 0 Å². The molecule has 0 bridgehead atoms. The maximum atomic E-state index is 8.78. The van der Waals surface area contributed by atoms with Gasteiger partial charge in [0.2, 0.25) is 0 Å².